The van der Waals surface area contributed by atoms with Gasteiger partial charge in [0, 0.05) is 19.3 Å². The van der Waals surface area contributed by atoms with Gasteiger partial charge in [-0.05, 0) is 37.1 Å². The van der Waals surface area contributed by atoms with Gasteiger partial charge in [0.1, 0.15) is 5.82 Å². The lowest BCUT2D eigenvalue weighted by atomic mass is 10.1. The molecule has 1 aromatic heterocycles. The lowest BCUT2D eigenvalue weighted by Gasteiger charge is -2.08. The van der Waals surface area contributed by atoms with E-state index in [4.69, 9.17) is 0 Å². The molecule has 2 aromatic rings. The molecule has 0 aliphatic carbocycles. The quantitative estimate of drug-likeness (QED) is 0.777. The van der Waals surface area contributed by atoms with Crippen LogP contribution in [0.25, 0.3) is 0 Å². The summed E-state index contributed by atoms with van der Waals surface area (Å²) in [7, 11) is 0. The number of nitrogens with one attached hydrogen (secondary N) is 1. The molecule has 0 atom stereocenters. The van der Waals surface area contributed by atoms with Crippen molar-refractivity contribution in [3.05, 3.63) is 53.6 Å². The van der Waals surface area contributed by atoms with Crippen LogP contribution >= 0.6 is 0 Å². The van der Waals surface area contributed by atoms with Crippen LogP contribution in [0.4, 0.5) is 4.39 Å². The fourth-order valence-electron chi connectivity index (χ4n) is 2.06. The van der Waals surface area contributed by atoms with Crippen molar-refractivity contribution in [3.8, 4) is 0 Å². The van der Waals surface area contributed by atoms with Crippen LogP contribution in [0.15, 0.2) is 36.5 Å². The molecule has 2 rings (SSSR count). The van der Waals surface area contributed by atoms with Gasteiger partial charge in [0.15, 0.2) is 0 Å². The van der Waals surface area contributed by atoms with E-state index in [1.165, 1.54) is 11.8 Å². The Morgan fingerprint density at radius 2 is 2.11 bits per heavy atom. The van der Waals surface area contributed by atoms with Crippen LogP contribution in [-0.4, -0.2) is 16.3 Å². The Kier molecular flexibility index (Phi) is 5.10. The van der Waals surface area contributed by atoms with E-state index in [1.54, 1.807) is 6.07 Å². The molecule has 4 heteroatoms. The van der Waals surface area contributed by atoms with Crippen LogP contribution < -0.4 is 5.32 Å². The molecular weight excluding hydrogens is 241 g/mol. The first-order valence-electron chi connectivity index (χ1n) is 6.76. The highest BCUT2D eigenvalue weighted by molar-refractivity contribution is 5.17. The van der Waals surface area contributed by atoms with Crippen molar-refractivity contribution in [2.45, 2.75) is 32.9 Å². The molecule has 0 radical (unpaired) electrons. The summed E-state index contributed by atoms with van der Waals surface area (Å²) in [6.07, 6.45) is 3.60. The van der Waals surface area contributed by atoms with Gasteiger partial charge in [-0.2, -0.15) is 5.10 Å². The highest BCUT2D eigenvalue weighted by atomic mass is 19.1. The number of aryl methyl sites for hydroxylation is 1. The number of hydrogen-bond acceptors (Lipinski definition) is 2. The number of rotatable bonds is 7. The topological polar surface area (TPSA) is 29.9 Å². The second-order valence-corrected chi connectivity index (χ2v) is 4.56. The minimum Gasteiger partial charge on any atom is -0.311 e. The SMILES string of the molecule is CCCn1nccc1CNCCc1ccccc1F. The third-order valence-electron chi connectivity index (χ3n) is 3.07. The minimum absolute atomic E-state index is 0.125. The second kappa shape index (κ2) is 7.04. The van der Waals surface area contributed by atoms with Crippen LogP contribution in [0.3, 0.4) is 0 Å². The van der Waals surface area contributed by atoms with Crippen molar-refractivity contribution in [2.24, 2.45) is 0 Å². The molecule has 0 aliphatic rings. The molecule has 102 valence electrons. The summed E-state index contributed by atoms with van der Waals surface area (Å²) in [5.74, 6) is -0.125. The summed E-state index contributed by atoms with van der Waals surface area (Å²) in [6.45, 7) is 4.61. The summed E-state index contributed by atoms with van der Waals surface area (Å²) >= 11 is 0. The zero-order valence-corrected chi connectivity index (χ0v) is 11.3. The van der Waals surface area contributed by atoms with E-state index in [9.17, 15) is 4.39 Å². The van der Waals surface area contributed by atoms with E-state index in [1.807, 2.05) is 29.1 Å². The van der Waals surface area contributed by atoms with Crippen molar-refractivity contribution in [1.82, 2.24) is 15.1 Å². The highest BCUT2D eigenvalue weighted by Crippen LogP contribution is 2.06. The monoisotopic (exact) mass is 261 g/mol. The van der Waals surface area contributed by atoms with Gasteiger partial charge in [-0.25, -0.2) is 4.39 Å². The summed E-state index contributed by atoms with van der Waals surface area (Å²) in [6, 6.07) is 8.94. The third kappa shape index (κ3) is 3.89. The van der Waals surface area contributed by atoms with E-state index in [0.717, 1.165) is 31.6 Å². The Morgan fingerprint density at radius 1 is 1.26 bits per heavy atom. The van der Waals surface area contributed by atoms with Gasteiger partial charge >= 0.3 is 0 Å². The van der Waals surface area contributed by atoms with Crippen LogP contribution in [0.1, 0.15) is 24.6 Å². The van der Waals surface area contributed by atoms with Crippen LogP contribution in [0.5, 0.6) is 0 Å². The molecular formula is C15H20FN3. The largest absolute Gasteiger partial charge is 0.311 e. The lowest BCUT2D eigenvalue weighted by molar-refractivity contribution is 0.547. The number of halogens is 1. The Hall–Kier alpha value is -1.68. The smallest absolute Gasteiger partial charge is 0.126 e. The zero-order chi connectivity index (χ0) is 13.5. The van der Waals surface area contributed by atoms with Crippen molar-refractivity contribution >= 4 is 0 Å². The minimum atomic E-state index is -0.125. The maximum Gasteiger partial charge on any atom is 0.126 e. The van der Waals surface area contributed by atoms with Crippen molar-refractivity contribution in [1.29, 1.82) is 0 Å². The van der Waals surface area contributed by atoms with E-state index < -0.39 is 0 Å². The predicted molar refractivity (Wildman–Crippen MR) is 74.3 cm³/mol. The molecule has 0 fully saturated rings. The molecule has 1 aromatic carbocycles. The molecule has 0 saturated heterocycles. The van der Waals surface area contributed by atoms with Crippen LogP contribution in [-0.2, 0) is 19.5 Å². The highest BCUT2D eigenvalue weighted by Gasteiger charge is 2.02. The molecule has 0 unspecified atom stereocenters. The van der Waals surface area contributed by atoms with Crippen molar-refractivity contribution < 1.29 is 4.39 Å². The normalized spacial score (nSPS) is 10.8. The third-order valence-corrected chi connectivity index (χ3v) is 3.07. The summed E-state index contributed by atoms with van der Waals surface area (Å²) in [4.78, 5) is 0. The molecule has 0 saturated carbocycles. The molecule has 0 aliphatic heterocycles. The first-order chi connectivity index (χ1) is 9.31. The molecule has 0 amide bonds. The predicted octanol–water partition coefficient (Wildman–Crippen LogP) is 2.76. The molecule has 1 heterocycles. The average Bonchev–Trinajstić information content (AvgIpc) is 2.85. The van der Waals surface area contributed by atoms with Gasteiger partial charge in [-0.15, -0.1) is 0 Å². The number of hydrogen-bond donors (Lipinski definition) is 1. The van der Waals surface area contributed by atoms with E-state index >= 15 is 0 Å². The van der Waals surface area contributed by atoms with E-state index in [0.29, 0.717) is 6.42 Å². The maximum atomic E-state index is 13.4. The second-order valence-electron chi connectivity index (χ2n) is 4.56. The molecule has 19 heavy (non-hydrogen) atoms. The van der Waals surface area contributed by atoms with Crippen LogP contribution in [0.2, 0.25) is 0 Å². The zero-order valence-electron chi connectivity index (χ0n) is 11.3. The maximum absolute atomic E-state index is 13.4. The molecule has 1 N–H and O–H groups in total. The number of aromatic nitrogens is 2. The Labute approximate surface area is 113 Å². The van der Waals surface area contributed by atoms with Gasteiger partial charge in [0.05, 0.1) is 5.69 Å². The summed E-state index contributed by atoms with van der Waals surface area (Å²) < 4.78 is 15.4. The Balaban J connectivity index is 1.78. The first-order valence-corrected chi connectivity index (χ1v) is 6.76. The van der Waals surface area contributed by atoms with Gasteiger partial charge in [-0.1, -0.05) is 25.1 Å². The summed E-state index contributed by atoms with van der Waals surface area (Å²) in [5.41, 5.74) is 1.94. The van der Waals surface area contributed by atoms with Crippen molar-refractivity contribution in [3.63, 3.8) is 0 Å². The van der Waals surface area contributed by atoms with Gasteiger partial charge in [-0.3, -0.25) is 4.68 Å². The Bertz CT molecular complexity index is 508. The van der Waals surface area contributed by atoms with E-state index in [2.05, 4.69) is 17.3 Å². The van der Waals surface area contributed by atoms with Crippen molar-refractivity contribution in [2.75, 3.05) is 6.54 Å². The molecule has 3 nitrogen and oxygen atoms in total. The fraction of sp³-hybridized carbons (Fsp3) is 0.400. The van der Waals surface area contributed by atoms with Gasteiger partial charge < -0.3 is 5.32 Å². The molecule has 0 bridgehead atoms. The van der Waals surface area contributed by atoms with Gasteiger partial charge in [0.2, 0.25) is 0 Å². The molecule has 0 spiro atoms. The fourth-order valence-corrected chi connectivity index (χ4v) is 2.06. The van der Waals surface area contributed by atoms with Gasteiger partial charge in [0.25, 0.3) is 0 Å². The number of benzene rings is 1. The summed E-state index contributed by atoms with van der Waals surface area (Å²) in [5, 5.41) is 7.61. The number of nitrogens with zero attached hydrogens (tertiary/aromatic N) is 2. The average molecular weight is 261 g/mol. The first kappa shape index (κ1) is 13.7. The lowest BCUT2D eigenvalue weighted by Crippen LogP contribution is -2.19. The Morgan fingerprint density at radius 3 is 2.89 bits per heavy atom. The van der Waals surface area contributed by atoms with E-state index in [-0.39, 0.29) is 5.82 Å². The standard InChI is InChI=1S/C15H20FN3/c1-2-11-19-14(8-10-18-19)12-17-9-7-13-5-3-4-6-15(13)16/h3-6,8,10,17H,2,7,9,11-12H2,1H3. The van der Waals surface area contributed by atoms with Crippen LogP contribution in [0, 0.1) is 5.82 Å².